The van der Waals surface area contributed by atoms with Crippen LogP contribution >= 0.6 is 39.1 Å². The molecule has 0 atom stereocenters. The van der Waals surface area contributed by atoms with Gasteiger partial charge in [-0.15, -0.1) is 0 Å². The van der Waals surface area contributed by atoms with E-state index < -0.39 is 39.1 Å². The summed E-state index contributed by atoms with van der Waals surface area (Å²) in [6.07, 6.45) is 0. The Morgan fingerprint density at radius 2 is 0.212 bits per heavy atom. The van der Waals surface area contributed by atoms with Crippen molar-refractivity contribution in [1.82, 2.24) is 0 Å². The van der Waals surface area contributed by atoms with Gasteiger partial charge in [0.1, 0.15) is 0 Å². The molecule has 0 aromatic carbocycles. The Bertz CT molecular complexity index is 391. The molecule has 0 amide bonds. The van der Waals surface area contributed by atoms with Gasteiger partial charge in [0.2, 0.25) is 0 Å². The van der Waals surface area contributed by atoms with Crippen molar-refractivity contribution in [3.63, 3.8) is 0 Å². The molecule has 0 bridgehead atoms. The van der Waals surface area contributed by atoms with Crippen LogP contribution in [0.15, 0.2) is 0 Å². The molecule has 0 radical (unpaired) electrons. The average molecular weight is 827 g/mol. The average Bonchev–Trinajstić information content (AvgIpc) is 1.79. The van der Waals surface area contributed by atoms with Crippen LogP contribution < -0.4 is 0 Å². The van der Waals surface area contributed by atoms with Crippen LogP contribution in [0.5, 0.6) is 0 Å². The molecule has 20 nitrogen and oxygen atoms in total. The first kappa shape index (κ1) is 84.5. The quantitative estimate of drug-likeness (QED) is 0.0796. The van der Waals surface area contributed by atoms with Crippen LogP contribution in [0.1, 0.15) is 0 Å². The Kier molecular flexibility index (Phi) is 115. The summed E-state index contributed by atoms with van der Waals surface area (Å²) in [5.41, 5.74) is 0. The fraction of sp³-hybridized carbons (Fsp3) is 0. The van der Waals surface area contributed by atoms with Crippen molar-refractivity contribution in [3.8, 4) is 0 Å². The third-order valence-corrected chi connectivity index (χ3v) is 0. The molecule has 0 aliphatic carbocycles. The topological polar surface area (TPSA) is 389 Å². The third-order valence-electron chi connectivity index (χ3n) is 0. The third kappa shape index (κ3) is 623. The van der Waals surface area contributed by atoms with E-state index in [-0.39, 0.29) is 302 Å². The molecule has 15 N–H and O–H groups in total. The van der Waals surface area contributed by atoms with Gasteiger partial charge in [-0.05, 0) is 0 Å². The van der Waals surface area contributed by atoms with E-state index in [9.17, 15) is 0 Å². The van der Waals surface area contributed by atoms with Crippen molar-refractivity contribution < 1.29 is 96.2 Å². The second-order valence-electron chi connectivity index (χ2n) is 2.57. The standard InChI is InChI=1S/8Ca.5H3O4P.16H/c;;;;;;;;5*1-5(2,3)4;;;;;;;;;;;;;;;;/h;;;;;;;;5*(H3,1,2,3,4);;;;;;;;;;;;;;;;. The van der Waals surface area contributed by atoms with Crippen LogP contribution in [0.25, 0.3) is 0 Å². The Balaban J connectivity index is -0.0000000130. The van der Waals surface area contributed by atoms with E-state index in [4.69, 9.17) is 96.2 Å². The molecule has 0 fully saturated rings. The Morgan fingerprint density at radius 1 is 0.212 bits per heavy atom. The molecule has 0 aromatic heterocycles. The Hall–Kier alpha value is 10.6. The van der Waals surface area contributed by atoms with Gasteiger partial charge in [-0.2, -0.15) is 0 Å². The first-order valence-electron chi connectivity index (χ1n) is 3.91. The summed E-state index contributed by atoms with van der Waals surface area (Å²) in [4.78, 5) is 108. The van der Waals surface area contributed by atoms with Crippen molar-refractivity contribution in [2.45, 2.75) is 0 Å². The zero-order valence-electron chi connectivity index (χ0n) is 11.0. The van der Waals surface area contributed by atoms with Crippen LogP contribution in [0.3, 0.4) is 0 Å². The predicted molar refractivity (Wildman–Crippen MR) is 140 cm³/mol. The fourth-order valence-corrected chi connectivity index (χ4v) is 0. The van der Waals surface area contributed by atoms with Gasteiger partial charge in [-0.1, -0.05) is 0 Å². The van der Waals surface area contributed by atoms with E-state index in [1.165, 1.54) is 0 Å². The normalized spacial score (nSPS) is 8.94. The van der Waals surface area contributed by atoms with Gasteiger partial charge in [-0.25, -0.2) is 22.8 Å². The molecule has 192 valence electrons. The molecule has 0 aliphatic rings. The van der Waals surface area contributed by atoms with Gasteiger partial charge < -0.3 is 73.4 Å². The van der Waals surface area contributed by atoms with Gasteiger partial charge >= 0.3 is 341 Å². The molecule has 0 saturated heterocycles. The fourth-order valence-electron chi connectivity index (χ4n) is 0. The van der Waals surface area contributed by atoms with E-state index in [1.54, 1.807) is 0 Å². The zero-order valence-corrected chi connectivity index (χ0v) is 15.5. The summed E-state index contributed by atoms with van der Waals surface area (Å²) in [5.74, 6) is 0. The Morgan fingerprint density at radius 3 is 0.212 bits per heavy atom. The molecule has 0 aromatic rings. The van der Waals surface area contributed by atoms with Crippen LogP contribution in [0.4, 0.5) is 0 Å². The zero-order chi connectivity index (χ0) is 22.5. The summed E-state index contributed by atoms with van der Waals surface area (Å²) < 4.78 is 44.4. The molecule has 33 heavy (non-hydrogen) atoms. The molecule has 0 aliphatic heterocycles. The summed E-state index contributed by atoms with van der Waals surface area (Å²) in [7, 11) is -23.2. The van der Waals surface area contributed by atoms with Crippen molar-refractivity contribution in [3.05, 3.63) is 0 Å². The van der Waals surface area contributed by atoms with Gasteiger partial charge in [0.25, 0.3) is 0 Å². The molecule has 33 heteroatoms. The van der Waals surface area contributed by atoms with Gasteiger partial charge in [0.05, 0.1) is 0 Å². The molecular weight excluding hydrogens is 795 g/mol. The summed E-state index contributed by atoms with van der Waals surface area (Å²) in [6.45, 7) is 0. The van der Waals surface area contributed by atoms with E-state index in [1.807, 2.05) is 0 Å². The van der Waals surface area contributed by atoms with Crippen molar-refractivity contribution >= 4 is 341 Å². The predicted octanol–water partition coefficient (Wildman–Crippen LogP) is -12.0. The summed E-state index contributed by atoms with van der Waals surface area (Å²) in [5, 5.41) is 0. The molecule has 0 heterocycles. The molecule has 0 unspecified atom stereocenters. The first-order chi connectivity index (χ1) is 10.0. The second-order valence-corrected chi connectivity index (χ2v) is 7.70. The minimum absolute atomic E-state index is 0. The monoisotopic (exact) mass is 826 g/mol. The SMILES string of the molecule is O=P(O)(O)O.O=P(O)(O)O.O=P(O)(O)O.O=P(O)(O)O.O=P(O)(O)O.[CaH2].[CaH2].[CaH2].[CaH2].[CaH2].[CaH2].[CaH2].[CaH2]. The van der Waals surface area contributed by atoms with Crippen LogP contribution in [0, 0.1) is 0 Å². The second kappa shape index (κ2) is 44.8. The van der Waals surface area contributed by atoms with Crippen LogP contribution in [-0.4, -0.2) is 375 Å². The number of hydrogen-bond donors (Lipinski definition) is 15. The summed E-state index contributed by atoms with van der Waals surface area (Å²) >= 11 is 0. The molecule has 0 rings (SSSR count). The number of hydrogen-bond acceptors (Lipinski definition) is 5. The molecule has 0 saturated carbocycles. The van der Waals surface area contributed by atoms with E-state index in [0.29, 0.717) is 0 Å². The first-order valence-corrected chi connectivity index (χ1v) is 11.7. The van der Waals surface area contributed by atoms with E-state index in [2.05, 4.69) is 0 Å². The maximum atomic E-state index is 8.88. The van der Waals surface area contributed by atoms with Crippen LogP contribution in [0.2, 0.25) is 0 Å². The molecule has 0 spiro atoms. The van der Waals surface area contributed by atoms with Gasteiger partial charge in [0.15, 0.2) is 0 Å². The Labute approximate surface area is 425 Å². The maximum absolute atomic E-state index is 8.88. The van der Waals surface area contributed by atoms with E-state index in [0.717, 1.165) is 0 Å². The van der Waals surface area contributed by atoms with Crippen molar-refractivity contribution in [2.75, 3.05) is 0 Å². The number of rotatable bonds is 0. The number of phosphoric acid groups is 5. The molecular formula is H31Ca8O20P5. The van der Waals surface area contributed by atoms with Gasteiger partial charge in [-0.3, -0.25) is 0 Å². The minimum atomic E-state index is -4.64. The van der Waals surface area contributed by atoms with E-state index >= 15 is 0 Å². The summed E-state index contributed by atoms with van der Waals surface area (Å²) in [6, 6.07) is 0. The van der Waals surface area contributed by atoms with Crippen molar-refractivity contribution in [1.29, 1.82) is 0 Å². The van der Waals surface area contributed by atoms with Gasteiger partial charge in [0, 0.05) is 0 Å². The van der Waals surface area contributed by atoms with Crippen molar-refractivity contribution in [2.24, 2.45) is 0 Å². The van der Waals surface area contributed by atoms with Crippen LogP contribution in [-0.2, 0) is 22.8 Å².